The molecule has 0 spiro atoms. The molecule has 0 aliphatic carbocycles. The lowest BCUT2D eigenvalue weighted by Crippen LogP contribution is -2.47. The van der Waals surface area contributed by atoms with Crippen LogP contribution in [0.25, 0.3) is 0 Å². The third-order valence-electron chi connectivity index (χ3n) is 10.2. The summed E-state index contributed by atoms with van der Waals surface area (Å²) in [7, 11) is -0.100. The highest BCUT2D eigenvalue weighted by atomic mass is 31.2. The average Bonchev–Trinajstić information content (AvgIpc) is 3.16. The number of carboxylic acid groups (broad SMARTS) is 4. The van der Waals surface area contributed by atoms with Gasteiger partial charge in [-0.3, -0.25) is 43.1 Å². The Bertz CT molecular complexity index is 1630. The number of hydrogen-bond acceptors (Lipinski definition) is 13. The van der Waals surface area contributed by atoms with E-state index < -0.39 is 74.1 Å². The molecule has 20 nitrogen and oxygen atoms in total. The molecule has 4 atom stereocenters. The second-order valence-corrected chi connectivity index (χ2v) is 17.4. The number of carboxylic acids is 4. The average molecular weight is 871 g/mol. The summed E-state index contributed by atoms with van der Waals surface area (Å²) in [5.74, 6) is -7.87. The Morgan fingerprint density at radius 2 is 1.32 bits per heavy atom. The number of rotatable bonds is 25. The lowest BCUT2D eigenvalue weighted by molar-refractivity contribution is -0.144. The van der Waals surface area contributed by atoms with E-state index in [1.54, 1.807) is 19.1 Å². The maximum absolute atomic E-state index is 12.9. The molecule has 21 heteroatoms. The van der Waals surface area contributed by atoms with E-state index in [1.807, 2.05) is 23.9 Å². The van der Waals surface area contributed by atoms with E-state index >= 15 is 0 Å². The first kappa shape index (κ1) is 51.8. The number of ketones is 1. The second-order valence-electron chi connectivity index (χ2n) is 15.5. The fourth-order valence-corrected chi connectivity index (χ4v) is 7.84. The topological polar surface area (TPSA) is 284 Å². The van der Waals surface area contributed by atoms with Crippen LogP contribution in [-0.2, 0) is 44.3 Å². The summed E-state index contributed by atoms with van der Waals surface area (Å²) in [5.41, 5.74) is 0.965. The minimum atomic E-state index is -4.14. The van der Waals surface area contributed by atoms with Gasteiger partial charge in [0.2, 0.25) is 5.91 Å². The van der Waals surface area contributed by atoms with Gasteiger partial charge in [0.15, 0.2) is 0 Å². The van der Waals surface area contributed by atoms with Crippen LogP contribution in [0.15, 0.2) is 24.3 Å². The maximum Gasteiger partial charge on any atom is 0.328 e. The van der Waals surface area contributed by atoms with Gasteiger partial charge in [0.25, 0.3) is 5.91 Å². The number of amides is 2. The van der Waals surface area contributed by atoms with E-state index in [2.05, 4.69) is 20.4 Å². The van der Waals surface area contributed by atoms with Crippen molar-refractivity contribution in [1.82, 2.24) is 30.2 Å². The van der Waals surface area contributed by atoms with Gasteiger partial charge in [-0.1, -0.05) is 19.1 Å². The Morgan fingerprint density at radius 1 is 0.750 bits per heavy atom. The van der Waals surface area contributed by atoms with Gasteiger partial charge in [0.05, 0.1) is 31.8 Å². The highest BCUT2D eigenvalue weighted by Gasteiger charge is 2.28. The lowest BCUT2D eigenvalue weighted by Gasteiger charge is -2.31. The van der Waals surface area contributed by atoms with E-state index in [9.17, 15) is 58.3 Å². The third-order valence-corrected chi connectivity index (χ3v) is 11.8. The Balaban J connectivity index is 1.83. The van der Waals surface area contributed by atoms with Crippen LogP contribution in [0.2, 0.25) is 0 Å². The maximum atomic E-state index is 12.9. The SMILES string of the molecule is CC(CCC(=O)O)CP(=O)(O)OCCC(CC(=O)CC[C@@H](NC(=O)c1ccc(CCNC(=O)CN2CCN(C)CCN(C)CCN(CC(=O)O)CC2)cc1)C(=O)O)C(=O)O. The molecular weight excluding hydrogens is 807 g/mol. The number of carbonyl (C=O) groups is 7. The number of benzene rings is 1. The minimum absolute atomic E-state index is 0.0759. The van der Waals surface area contributed by atoms with Crippen LogP contribution in [0.1, 0.15) is 61.4 Å². The molecule has 7 N–H and O–H groups in total. The van der Waals surface area contributed by atoms with Crippen molar-refractivity contribution in [1.29, 1.82) is 0 Å². The predicted molar refractivity (Wildman–Crippen MR) is 219 cm³/mol. The Hall–Kier alpha value is -4.30. The van der Waals surface area contributed by atoms with Gasteiger partial charge in [-0.05, 0) is 63.4 Å². The molecule has 1 aliphatic rings. The number of likely N-dealkylation sites (N-methyl/N-ethyl adjacent to an activating group) is 2. The van der Waals surface area contributed by atoms with E-state index in [4.69, 9.17) is 9.63 Å². The van der Waals surface area contributed by atoms with Crippen LogP contribution < -0.4 is 10.6 Å². The van der Waals surface area contributed by atoms with Crippen LogP contribution >= 0.6 is 7.60 Å². The summed E-state index contributed by atoms with van der Waals surface area (Å²) in [6, 6.07) is 4.90. The summed E-state index contributed by atoms with van der Waals surface area (Å²) in [4.78, 5) is 103. The zero-order chi connectivity index (χ0) is 44.8. The number of carbonyl (C=O) groups excluding carboxylic acids is 3. The largest absolute Gasteiger partial charge is 0.481 e. The quantitative estimate of drug-likeness (QED) is 0.0664. The van der Waals surface area contributed by atoms with Crippen LogP contribution in [-0.4, -0.2) is 191 Å². The molecule has 60 heavy (non-hydrogen) atoms. The molecule has 1 aliphatic heterocycles. The summed E-state index contributed by atoms with van der Waals surface area (Å²) >= 11 is 0. The van der Waals surface area contributed by atoms with E-state index in [0.29, 0.717) is 39.1 Å². The molecule has 2 amide bonds. The standard InChI is InChI=1S/C39H63N6O14P/c1-28(4-11-35(48)49)27-60(57,58)59-23-13-31(38(53)54)24-32(46)9-10-33(39(55)56)41-37(52)30-7-5-29(6-8-30)12-14-40-34(47)25-44-19-17-42(2)15-16-43(3)18-20-45(22-21-44)26-36(50)51/h5-8,28,31,33H,4,9-27H2,1-3H3,(H,40,47)(H,41,52)(H,48,49)(H,50,51)(H,53,54)(H,55,56)(H,57,58)/t28?,31?,33-/m1/s1. The molecule has 0 saturated carbocycles. The van der Waals surface area contributed by atoms with Crippen molar-refractivity contribution < 1.29 is 68.0 Å². The van der Waals surface area contributed by atoms with Crippen LogP contribution in [0.3, 0.4) is 0 Å². The molecular formula is C39H63N6O14P. The van der Waals surface area contributed by atoms with Crippen LogP contribution in [0, 0.1) is 11.8 Å². The van der Waals surface area contributed by atoms with Gasteiger partial charge in [-0.15, -0.1) is 0 Å². The first-order chi connectivity index (χ1) is 28.2. The zero-order valence-electron chi connectivity index (χ0n) is 34.8. The minimum Gasteiger partial charge on any atom is -0.481 e. The molecule has 0 bridgehead atoms. The van der Waals surface area contributed by atoms with Gasteiger partial charge in [-0.2, -0.15) is 0 Å². The molecule has 0 aromatic heterocycles. The van der Waals surface area contributed by atoms with E-state index in [0.717, 1.165) is 31.7 Å². The number of nitrogens with one attached hydrogen (secondary N) is 2. The molecule has 0 radical (unpaired) electrons. The number of Topliss-reactive ketones (excluding diaryl/α,β-unsaturated/α-hetero) is 1. The highest BCUT2D eigenvalue weighted by Crippen LogP contribution is 2.44. The molecule has 1 aromatic rings. The third kappa shape index (κ3) is 22.3. The van der Waals surface area contributed by atoms with Crippen molar-refractivity contribution in [2.45, 2.75) is 57.9 Å². The molecule has 2 rings (SSSR count). The molecule has 3 unspecified atom stereocenters. The summed E-state index contributed by atoms with van der Waals surface area (Å²) < 4.78 is 17.4. The first-order valence-corrected chi connectivity index (χ1v) is 21.8. The smallest absolute Gasteiger partial charge is 0.328 e. The number of hydrogen-bond donors (Lipinski definition) is 7. The summed E-state index contributed by atoms with van der Waals surface area (Å²) in [6.45, 7) is 6.97. The van der Waals surface area contributed by atoms with Gasteiger partial charge in [-0.25, -0.2) is 4.79 Å². The Labute approximate surface area is 350 Å². The number of aliphatic carboxylic acids is 4. The second kappa shape index (κ2) is 26.8. The van der Waals surface area contributed by atoms with Crippen molar-refractivity contribution in [3.05, 3.63) is 35.4 Å². The normalized spacial score (nSPS) is 17.8. The van der Waals surface area contributed by atoms with Crippen molar-refractivity contribution in [2.24, 2.45) is 11.8 Å². The van der Waals surface area contributed by atoms with Crippen molar-refractivity contribution >= 4 is 49.1 Å². The molecule has 338 valence electrons. The van der Waals surface area contributed by atoms with E-state index in [1.165, 1.54) is 12.1 Å². The Morgan fingerprint density at radius 3 is 1.87 bits per heavy atom. The molecule has 1 heterocycles. The summed E-state index contributed by atoms with van der Waals surface area (Å²) in [5, 5.41) is 42.7. The van der Waals surface area contributed by atoms with Crippen molar-refractivity contribution in [3.63, 3.8) is 0 Å². The van der Waals surface area contributed by atoms with Crippen molar-refractivity contribution in [2.75, 3.05) is 98.9 Å². The first-order valence-electron chi connectivity index (χ1n) is 20.1. The molecule has 1 aromatic carbocycles. The fourth-order valence-electron chi connectivity index (χ4n) is 6.37. The fraction of sp³-hybridized carbons (Fsp3) is 0.667. The zero-order valence-corrected chi connectivity index (χ0v) is 35.7. The molecule has 1 saturated heterocycles. The van der Waals surface area contributed by atoms with Gasteiger partial charge in [0.1, 0.15) is 11.8 Å². The van der Waals surface area contributed by atoms with Gasteiger partial charge in [0, 0.05) is 83.7 Å². The monoisotopic (exact) mass is 870 g/mol. The lowest BCUT2D eigenvalue weighted by atomic mass is 9.96. The van der Waals surface area contributed by atoms with Crippen molar-refractivity contribution in [3.8, 4) is 0 Å². The van der Waals surface area contributed by atoms with Gasteiger partial charge >= 0.3 is 31.5 Å². The Kier molecular flexibility index (Phi) is 23.2. The predicted octanol–water partition coefficient (Wildman–Crippen LogP) is 0.627. The molecule has 1 fully saturated rings. The van der Waals surface area contributed by atoms with Crippen LogP contribution in [0.5, 0.6) is 0 Å². The summed E-state index contributed by atoms with van der Waals surface area (Å²) in [6.07, 6.45) is -1.34. The highest BCUT2D eigenvalue weighted by molar-refractivity contribution is 7.52. The number of nitrogens with zero attached hydrogens (tertiary/aromatic N) is 4. The van der Waals surface area contributed by atoms with Crippen LogP contribution in [0.4, 0.5) is 0 Å². The van der Waals surface area contributed by atoms with Gasteiger partial charge < -0.3 is 50.3 Å². The van der Waals surface area contributed by atoms with E-state index in [-0.39, 0.29) is 62.8 Å².